The molecule has 1 N–H and O–H groups in total. The first-order chi connectivity index (χ1) is 19.7. The summed E-state index contributed by atoms with van der Waals surface area (Å²) in [5.74, 6) is -0.503. The van der Waals surface area contributed by atoms with E-state index in [2.05, 4.69) is 9.71 Å². The van der Waals surface area contributed by atoms with Crippen molar-refractivity contribution < 1.29 is 22.7 Å². The topological polar surface area (TPSA) is 110 Å². The van der Waals surface area contributed by atoms with Gasteiger partial charge in [-0.1, -0.05) is 71.7 Å². The van der Waals surface area contributed by atoms with E-state index in [1.54, 1.807) is 44.3 Å². The molecule has 0 saturated heterocycles. The summed E-state index contributed by atoms with van der Waals surface area (Å²) in [5, 5.41) is 10.1. The van der Waals surface area contributed by atoms with Gasteiger partial charge in [-0.3, -0.25) is 0 Å². The fraction of sp³-hybridized carbons (Fsp3) is 0.207. The maximum absolute atomic E-state index is 13.2. The van der Waals surface area contributed by atoms with Crippen LogP contribution in [-0.2, 0) is 29.9 Å². The van der Waals surface area contributed by atoms with Crippen molar-refractivity contribution in [1.82, 2.24) is 10.3 Å². The number of nitrogens with one attached hydrogen (secondary N) is 1. The van der Waals surface area contributed by atoms with Crippen LogP contribution in [0.4, 0.5) is 0 Å². The van der Waals surface area contributed by atoms with Gasteiger partial charge in [-0.15, -0.1) is 4.40 Å². The highest BCUT2D eigenvalue weighted by molar-refractivity contribution is 7.90. The number of halogens is 2. The molecular weight excluding hydrogens is 587 g/mol. The summed E-state index contributed by atoms with van der Waals surface area (Å²) in [7, 11) is -2.56. The van der Waals surface area contributed by atoms with Crippen molar-refractivity contribution in [1.29, 1.82) is 0 Å². The molecule has 0 amide bonds. The molecule has 41 heavy (non-hydrogen) atoms. The molecule has 0 saturated carbocycles. The molecule has 9 nitrogen and oxygen atoms in total. The predicted molar refractivity (Wildman–Crippen MR) is 160 cm³/mol. The van der Waals surface area contributed by atoms with Gasteiger partial charge in [-0.25, -0.2) is 9.80 Å². The number of hydrazone groups is 1. The maximum atomic E-state index is 13.2. The molecule has 3 aromatic carbocycles. The first-order valence-electron chi connectivity index (χ1n) is 12.6. The first-order valence-corrected chi connectivity index (χ1v) is 14.8. The zero-order valence-electron chi connectivity index (χ0n) is 22.3. The number of guanidine groups is 1. The largest absolute Gasteiger partial charge is 0.463 e. The van der Waals surface area contributed by atoms with Crippen molar-refractivity contribution >= 4 is 50.9 Å². The Balaban J connectivity index is 1.80. The third kappa shape index (κ3) is 7.15. The Bertz CT molecular complexity index is 1560. The van der Waals surface area contributed by atoms with Crippen LogP contribution in [0, 0.1) is 0 Å². The summed E-state index contributed by atoms with van der Waals surface area (Å²) >= 11 is 12.1. The molecule has 12 heteroatoms. The number of rotatable bonds is 9. The van der Waals surface area contributed by atoms with E-state index in [1.165, 1.54) is 35.4 Å². The fourth-order valence-corrected chi connectivity index (χ4v) is 5.45. The molecular formula is C29H28Cl2N4O5S. The van der Waals surface area contributed by atoms with E-state index in [0.717, 1.165) is 5.56 Å². The number of benzene rings is 3. The third-order valence-corrected chi connectivity index (χ3v) is 7.87. The molecule has 0 aliphatic carbocycles. The molecule has 1 heterocycles. The Morgan fingerprint density at radius 2 is 1.68 bits per heavy atom. The molecule has 0 spiro atoms. The molecule has 0 aromatic heterocycles. The first kappa shape index (κ1) is 30.3. The van der Waals surface area contributed by atoms with Crippen LogP contribution in [0.5, 0.6) is 0 Å². The molecule has 214 valence electrons. The van der Waals surface area contributed by atoms with Gasteiger partial charge in [0.15, 0.2) is 5.60 Å². The van der Waals surface area contributed by atoms with E-state index >= 15 is 0 Å². The van der Waals surface area contributed by atoms with Crippen molar-refractivity contribution in [2.75, 3.05) is 26.8 Å². The van der Waals surface area contributed by atoms with E-state index < -0.39 is 21.6 Å². The van der Waals surface area contributed by atoms with Gasteiger partial charge in [-0.05, 0) is 48.9 Å². The molecule has 4 rings (SSSR count). The number of carbonyl (C=O) groups excluding carboxylic acids is 1. The van der Waals surface area contributed by atoms with Crippen LogP contribution in [0.2, 0.25) is 10.0 Å². The van der Waals surface area contributed by atoms with Crippen LogP contribution in [-0.4, -0.2) is 57.9 Å². The monoisotopic (exact) mass is 614 g/mol. The Labute approximate surface area is 249 Å². The van der Waals surface area contributed by atoms with Crippen molar-refractivity contribution in [2.45, 2.75) is 17.4 Å². The number of sulfonamides is 1. The van der Waals surface area contributed by atoms with E-state index in [1.807, 2.05) is 30.3 Å². The normalized spacial score (nSPS) is 17.5. The quantitative estimate of drug-likeness (QED) is 0.156. The van der Waals surface area contributed by atoms with Crippen LogP contribution in [0.15, 0.2) is 105 Å². The summed E-state index contributed by atoms with van der Waals surface area (Å²) in [5.41, 5.74) is 0.773. The second kappa shape index (κ2) is 13.3. The average molecular weight is 616 g/mol. The minimum absolute atomic E-state index is 0.0186. The standard InChI is InChI=1S/C29H28Cl2N4O5S/c1-3-39-26(36)10-7-19-40-29(22-8-5-4-6-9-22)20-35(33-27(29)21-11-13-23(30)14-12-21)28(32-2)34-41(37,38)25-17-15-24(31)16-18-25/h4-18H,3,19-20H2,1-2H3,(H,32,34)/b10-7+. The van der Waals surface area contributed by atoms with Crippen molar-refractivity contribution in [3.8, 4) is 0 Å². The van der Waals surface area contributed by atoms with Crippen LogP contribution < -0.4 is 5.32 Å². The molecule has 3 aromatic rings. The number of hydrogen-bond acceptors (Lipinski definition) is 6. The highest BCUT2D eigenvalue weighted by Crippen LogP contribution is 2.37. The molecule has 1 atom stereocenters. The lowest BCUT2D eigenvalue weighted by Gasteiger charge is -2.31. The smallest absolute Gasteiger partial charge is 0.330 e. The fourth-order valence-electron chi connectivity index (χ4n) is 4.20. The zero-order chi connectivity index (χ0) is 29.5. The predicted octanol–water partition coefficient (Wildman–Crippen LogP) is 5.01. The van der Waals surface area contributed by atoms with Crippen molar-refractivity contribution in [3.63, 3.8) is 0 Å². The van der Waals surface area contributed by atoms with E-state index in [-0.39, 0.29) is 30.6 Å². The number of nitrogens with zero attached hydrogens (tertiary/aromatic N) is 3. The van der Waals surface area contributed by atoms with Gasteiger partial charge >= 0.3 is 5.97 Å². The number of hydrogen-bond donors (Lipinski definition) is 1. The Kier molecular flexibility index (Phi) is 9.82. The van der Waals surface area contributed by atoms with Gasteiger partial charge in [0.25, 0.3) is 10.0 Å². The number of carbonyl (C=O) groups is 1. The van der Waals surface area contributed by atoms with Gasteiger partial charge in [-0.2, -0.15) is 13.5 Å². The zero-order valence-corrected chi connectivity index (χ0v) is 24.7. The average Bonchev–Trinajstić information content (AvgIpc) is 3.36. The summed E-state index contributed by atoms with van der Waals surface area (Å²) < 4.78 is 41.9. The molecule has 0 fully saturated rings. The highest BCUT2D eigenvalue weighted by Gasteiger charge is 2.47. The second-order valence-electron chi connectivity index (χ2n) is 8.77. The van der Waals surface area contributed by atoms with Crippen molar-refractivity contribution in [3.05, 3.63) is 112 Å². The van der Waals surface area contributed by atoms with Crippen LogP contribution in [0.1, 0.15) is 18.1 Å². The minimum Gasteiger partial charge on any atom is -0.463 e. The van der Waals surface area contributed by atoms with Crippen LogP contribution >= 0.6 is 23.2 Å². The molecule has 0 bridgehead atoms. The summed E-state index contributed by atoms with van der Waals surface area (Å²) in [4.78, 5) is 11.8. The van der Waals surface area contributed by atoms with Gasteiger partial charge in [0.05, 0.1) is 24.7 Å². The number of esters is 1. The lowest BCUT2D eigenvalue weighted by Crippen LogP contribution is -2.45. The summed E-state index contributed by atoms with van der Waals surface area (Å²) in [6.07, 6.45) is 2.86. The van der Waals surface area contributed by atoms with Gasteiger partial charge < -0.3 is 14.8 Å². The van der Waals surface area contributed by atoms with E-state index in [0.29, 0.717) is 21.3 Å². The third-order valence-electron chi connectivity index (χ3n) is 6.09. The Morgan fingerprint density at radius 3 is 2.29 bits per heavy atom. The van der Waals surface area contributed by atoms with Gasteiger partial charge in [0.1, 0.15) is 5.71 Å². The summed E-state index contributed by atoms with van der Waals surface area (Å²) in [6, 6.07) is 22.2. The minimum atomic E-state index is -4.12. The van der Waals surface area contributed by atoms with Crippen LogP contribution in [0.3, 0.4) is 0 Å². The van der Waals surface area contributed by atoms with Crippen LogP contribution in [0.25, 0.3) is 0 Å². The highest BCUT2D eigenvalue weighted by atomic mass is 35.5. The molecule has 1 unspecified atom stereocenters. The number of ether oxygens (including phenoxy) is 2. The molecule has 1 aliphatic rings. The lowest BCUT2D eigenvalue weighted by atomic mass is 9.85. The lowest BCUT2D eigenvalue weighted by molar-refractivity contribution is -0.137. The SMILES string of the molecule is CCOC(=O)/C=C/COC1(c2ccccc2)CN(/C(=N/S(=O)(=O)c2ccc(Cl)cc2)NC)N=C1c1ccc(Cl)cc1. The van der Waals surface area contributed by atoms with Gasteiger partial charge in [0, 0.05) is 28.7 Å². The second-order valence-corrected chi connectivity index (χ2v) is 11.2. The Hall–Kier alpha value is -3.70. The van der Waals surface area contributed by atoms with Crippen molar-refractivity contribution in [2.24, 2.45) is 9.50 Å². The van der Waals surface area contributed by atoms with E-state index in [9.17, 15) is 13.2 Å². The molecule has 1 aliphatic heterocycles. The van der Waals surface area contributed by atoms with Gasteiger partial charge in [0.2, 0.25) is 5.96 Å². The summed E-state index contributed by atoms with van der Waals surface area (Å²) in [6.45, 7) is 2.08. The Morgan fingerprint density at radius 1 is 1.05 bits per heavy atom. The molecule has 0 radical (unpaired) electrons. The van der Waals surface area contributed by atoms with E-state index in [4.69, 9.17) is 37.8 Å². The maximum Gasteiger partial charge on any atom is 0.330 e.